The van der Waals surface area contributed by atoms with Crippen molar-refractivity contribution in [3.8, 4) is 5.75 Å². The van der Waals surface area contributed by atoms with Gasteiger partial charge in [0.05, 0.1) is 24.4 Å². The van der Waals surface area contributed by atoms with Gasteiger partial charge in [-0.3, -0.25) is 4.98 Å². The van der Waals surface area contributed by atoms with E-state index in [0.717, 1.165) is 28.9 Å². The first kappa shape index (κ1) is 16.3. The number of ether oxygens (including phenoxy) is 1. The Balaban J connectivity index is 1.80. The number of fused-ring (bicyclic) bond motifs is 1. The maximum Gasteiger partial charge on any atom is 0.118 e. The molecule has 0 spiro atoms. The lowest BCUT2D eigenvalue weighted by Gasteiger charge is -2.26. The molecule has 0 aliphatic carbocycles. The molecule has 124 valence electrons. The highest BCUT2D eigenvalue weighted by molar-refractivity contribution is 5.90. The van der Waals surface area contributed by atoms with E-state index in [1.165, 1.54) is 5.56 Å². The Kier molecular flexibility index (Phi) is 4.96. The van der Waals surface area contributed by atoms with E-state index in [0.29, 0.717) is 0 Å². The Morgan fingerprint density at radius 1 is 1.04 bits per heavy atom. The van der Waals surface area contributed by atoms with Gasteiger partial charge >= 0.3 is 0 Å². The molecule has 1 heterocycles. The Morgan fingerprint density at radius 2 is 1.79 bits per heavy atom. The van der Waals surface area contributed by atoms with Gasteiger partial charge in [-0.1, -0.05) is 30.3 Å². The summed E-state index contributed by atoms with van der Waals surface area (Å²) in [6.07, 6.45) is 1.83. The number of likely N-dealkylation sites (N-methyl/N-ethyl adjacent to an activating group) is 1. The summed E-state index contributed by atoms with van der Waals surface area (Å²) in [4.78, 5) is 6.72. The molecule has 0 radical (unpaired) electrons. The Labute approximate surface area is 143 Å². The molecule has 24 heavy (non-hydrogen) atoms. The van der Waals surface area contributed by atoms with E-state index in [-0.39, 0.29) is 6.04 Å². The third-order valence-corrected chi connectivity index (χ3v) is 4.24. The van der Waals surface area contributed by atoms with Crippen LogP contribution in [0.3, 0.4) is 0 Å². The largest absolute Gasteiger partial charge is 0.497 e. The molecule has 1 unspecified atom stereocenters. The molecule has 3 rings (SSSR count). The maximum atomic E-state index is 5.25. The molecule has 1 N–H and O–H groups in total. The number of anilines is 1. The maximum absolute atomic E-state index is 5.25. The lowest BCUT2D eigenvalue weighted by molar-refractivity contribution is 0.311. The van der Waals surface area contributed by atoms with Gasteiger partial charge in [0.15, 0.2) is 0 Å². The van der Waals surface area contributed by atoms with Crippen LogP contribution in [-0.4, -0.2) is 37.6 Å². The normalized spacial score (nSPS) is 12.3. The minimum Gasteiger partial charge on any atom is -0.497 e. The number of pyridine rings is 1. The molecule has 3 aromatic rings. The Hall–Kier alpha value is -2.59. The van der Waals surface area contributed by atoms with Crippen molar-refractivity contribution < 1.29 is 4.74 Å². The summed E-state index contributed by atoms with van der Waals surface area (Å²) in [5.74, 6) is 0.877. The zero-order chi connectivity index (χ0) is 16.9. The van der Waals surface area contributed by atoms with Gasteiger partial charge in [0.25, 0.3) is 0 Å². The number of aromatic nitrogens is 1. The molecular weight excluding hydrogens is 298 g/mol. The van der Waals surface area contributed by atoms with Crippen molar-refractivity contribution in [2.45, 2.75) is 6.04 Å². The quantitative estimate of drug-likeness (QED) is 0.746. The summed E-state index contributed by atoms with van der Waals surface area (Å²) in [7, 11) is 5.88. The standard InChI is InChI=1S/C20H23N3O/c1-23(2)19(15-9-11-17(24-3)12-10-15)14-22-18-8-4-6-16-7-5-13-21-20(16)18/h4-13,19,22H,14H2,1-3H3. The minimum absolute atomic E-state index is 0.259. The first-order chi connectivity index (χ1) is 11.7. The van der Waals surface area contributed by atoms with Crippen LogP contribution < -0.4 is 10.1 Å². The van der Waals surface area contributed by atoms with Crippen LogP contribution in [0.2, 0.25) is 0 Å². The number of nitrogens with zero attached hydrogens (tertiary/aromatic N) is 2. The zero-order valence-electron chi connectivity index (χ0n) is 14.4. The van der Waals surface area contributed by atoms with Gasteiger partial charge in [-0.25, -0.2) is 0 Å². The topological polar surface area (TPSA) is 37.4 Å². The van der Waals surface area contributed by atoms with Gasteiger partial charge in [0.1, 0.15) is 5.75 Å². The highest BCUT2D eigenvalue weighted by Gasteiger charge is 2.14. The van der Waals surface area contributed by atoms with Gasteiger partial charge in [-0.2, -0.15) is 0 Å². The van der Waals surface area contributed by atoms with Gasteiger partial charge < -0.3 is 15.0 Å². The fraction of sp³-hybridized carbons (Fsp3) is 0.250. The summed E-state index contributed by atoms with van der Waals surface area (Å²) in [6, 6.07) is 18.8. The van der Waals surface area contributed by atoms with Crippen molar-refractivity contribution in [3.05, 3.63) is 66.4 Å². The van der Waals surface area contributed by atoms with E-state index in [2.05, 4.69) is 65.7 Å². The van der Waals surface area contributed by atoms with E-state index in [4.69, 9.17) is 4.74 Å². The molecule has 0 amide bonds. The molecule has 0 fully saturated rings. The van der Waals surface area contributed by atoms with Crippen molar-refractivity contribution in [2.75, 3.05) is 33.1 Å². The SMILES string of the molecule is COc1ccc(C(CNc2cccc3cccnc23)N(C)C)cc1. The van der Waals surface area contributed by atoms with E-state index >= 15 is 0 Å². The molecule has 1 aromatic heterocycles. The first-order valence-electron chi connectivity index (χ1n) is 8.07. The number of nitrogens with one attached hydrogen (secondary N) is 1. The molecule has 0 aliphatic rings. The van der Waals surface area contributed by atoms with E-state index in [9.17, 15) is 0 Å². The van der Waals surface area contributed by atoms with E-state index in [1.54, 1.807) is 7.11 Å². The summed E-state index contributed by atoms with van der Waals surface area (Å²) in [5, 5.41) is 4.71. The van der Waals surface area contributed by atoms with Gasteiger partial charge in [-0.15, -0.1) is 0 Å². The number of para-hydroxylation sites is 1. The second kappa shape index (κ2) is 7.32. The number of hydrogen-bond acceptors (Lipinski definition) is 4. The van der Waals surface area contributed by atoms with Crippen LogP contribution in [0.25, 0.3) is 10.9 Å². The minimum atomic E-state index is 0.259. The second-order valence-electron chi connectivity index (χ2n) is 6.01. The molecular formula is C20H23N3O. The van der Waals surface area contributed by atoms with Crippen LogP contribution >= 0.6 is 0 Å². The first-order valence-corrected chi connectivity index (χ1v) is 8.07. The van der Waals surface area contributed by atoms with Crippen LogP contribution in [0.4, 0.5) is 5.69 Å². The summed E-state index contributed by atoms with van der Waals surface area (Å²) in [6.45, 7) is 0.801. The predicted octanol–water partition coefficient (Wildman–Crippen LogP) is 3.96. The second-order valence-corrected chi connectivity index (χ2v) is 6.01. The Morgan fingerprint density at radius 3 is 2.50 bits per heavy atom. The lowest BCUT2D eigenvalue weighted by atomic mass is 10.1. The van der Waals surface area contributed by atoms with E-state index < -0.39 is 0 Å². The fourth-order valence-corrected chi connectivity index (χ4v) is 2.88. The van der Waals surface area contributed by atoms with Gasteiger partial charge in [-0.05, 0) is 43.9 Å². The monoisotopic (exact) mass is 321 g/mol. The van der Waals surface area contributed by atoms with Crippen LogP contribution in [0, 0.1) is 0 Å². The molecule has 0 saturated carbocycles. The van der Waals surface area contributed by atoms with Crippen molar-refractivity contribution in [1.29, 1.82) is 0 Å². The van der Waals surface area contributed by atoms with E-state index in [1.807, 2.05) is 24.4 Å². The highest BCUT2D eigenvalue weighted by Crippen LogP contribution is 2.24. The summed E-state index contributed by atoms with van der Waals surface area (Å²) >= 11 is 0. The number of benzene rings is 2. The Bertz CT molecular complexity index is 794. The van der Waals surface area contributed by atoms with Crippen LogP contribution in [0.5, 0.6) is 5.75 Å². The molecule has 4 nitrogen and oxygen atoms in total. The molecule has 4 heteroatoms. The van der Waals surface area contributed by atoms with Crippen molar-refractivity contribution in [3.63, 3.8) is 0 Å². The van der Waals surface area contributed by atoms with Crippen LogP contribution in [-0.2, 0) is 0 Å². The third kappa shape index (κ3) is 3.49. The number of rotatable bonds is 6. The molecule has 2 aromatic carbocycles. The summed E-state index contributed by atoms with van der Waals surface area (Å²) < 4.78 is 5.25. The van der Waals surface area contributed by atoms with Gasteiger partial charge in [0.2, 0.25) is 0 Å². The average molecular weight is 321 g/mol. The zero-order valence-corrected chi connectivity index (χ0v) is 14.4. The molecule has 0 saturated heterocycles. The van der Waals surface area contributed by atoms with Crippen LogP contribution in [0.1, 0.15) is 11.6 Å². The van der Waals surface area contributed by atoms with Crippen molar-refractivity contribution >= 4 is 16.6 Å². The highest BCUT2D eigenvalue weighted by atomic mass is 16.5. The van der Waals surface area contributed by atoms with Crippen molar-refractivity contribution in [1.82, 2.24) is 9.88 Å². The lowest BCUT2D eigenvalue weighted by Crippen LogP contribution is -2.26. The molecule has 0 aliphatic heterocycles. The van der Waals surface area contributed by atoms with Gasteiger partial charge in [0, 0.05) is 18.1 Å². The summed E-state index contributed by atoms with van der Waals surface area (Å²) in [5.41, 5.74) is 3.32. The third-order valence-electron chi connectivity index (χ3n) is 4.24. The predicted molar refractivity (Wildman–Crippen MR) is 99.7 cm³/mol. The number of hydrogen-bond donors (Lipinski definition) is 1. The fourth-order valence-electron chi connectivity index (χ4n) is 2.88. The smallest absolute Gasteiger partial charge is 0.118 e. The van der Waals surface area contributed by atoms with Crippen LogP contribution in [0.15, 0.2) is 60.8 Å². The molecule has 1 atom stereocenters. The van der Waals surface area contributed by atoms with Crippen molar-refractivity contribution in [2.24, 2.45) is 0 Å². The average Bonchev–Trinajstić information content (AvgIpc) is 2.62. The molecule has 0 bridgehead atoms. The number of methoxy groups -OCH3 is 1.